The van der Waals surface area contributed by atoms with Gasteiger partial charge in [-0.05, 0) is 24.3 Å². The van der Waals surface area contributed by atoms with Crippen LogP contribution in [0.25, 0.3) is 0 Å². The number of halogens is 2. The van der Waals surface area contributed by atoms with Crippen molar-refractivity contribution in [2.75, 3.05) is 44.2 Å². The first-order valence-electron chi connectivity index (χ1n) is 10.6. The highest BCUT2D eigenvalue weighted by atomic mass is 35.5. The number of carbonyl (C=O) groups excluding carboxylic acids is 3. The molecule has 0 radical (unpaired) electrons. The molecule has 0 saturated carbocycles. The minimum atomic E-state index is -0.573. The molecule has 0 bridgehead atoms. The van der Waals surface area contributed by atoms with Crippen LogP contribution < -0.4 is 4.90 Å². The van der Waals surface area contributed by atoms with E-state index in [1.54, 1.807) is 37.4 Å². The number of imide groups is 1. The van der Waals surface area contributed by atoms with Gasteiger partial charge in [0, 0.05) is 45.3 Å². The average molecular weight is 495 g/mol. The van der Waals surface area contributed by atoms with E-state index in [9.17, 15) is 14.4 Å². The maximum absolute atomic E-state index is 12.7. The molecule has 1 fully saturated rings. The number of nitrogens with zero attached hydrogens (tertiary/aromatic N) is 4. The zero-order valence-electron chi connectivity index (χ0n) is 18.4. The summed E-state index contributed by atoms with van der Waals surface area (Å²) in [7, 11) is 0. The lowest BCUT2D eigenvalue weighted by Gasteiger charge is -2.37. The summed E-state index contributed by atoms with van der Waals surface area (Å²) in [4.78, 5) is 47.5. The van der Waals surface area contributed by atoms with Crippen LogP contribution >= 0.6 is 24.8 Å². The number of hydrogen-bond donors (Lipinski definition) is 0. The van der Waals surface area contributed by atoms with Crippen molar-refractivity contribution in [3.63, 3.8) is 0 Å². The lowest BCUT2D eigenvalue weighted by atomic mass is 10.1. The summed E-state index contributed by atoms with van der Waals surface area (Å²) in [5, 5.41) is 0. The summed E-state index contributed by atoms with van der Waals surface area (Å²) in [6.07, 6.45) is 1.45. The monoisotopic (exact) mass is 494 g/mol. The highest BCUT2D eigenvalue weighted by Gasteiger charge is 2.37. The van der Waals surface area contributed by atoms with E-state index in [1.807, 2.05) is 18.2 Å². The number of benzene rings is 1. The lowest BCUT2D eigenvalue weighted by Crippen LogP contribution is -2.51. The molecular formula is C23H28Cl2N4O4. The molecule has 1 unspecified atom stereocenters. The molecule has 2 amide bonds. The van der Waals surface area contributed by atoms with E-state index in [1.165, 1.54) is 4.90 Å². The number of anilines is 1. The molecule has 4 rings (SSSR count). The number of aromatic nitrogens is 1. The molecule has 10 heteroatoms. The number of esters is 1. The Morgan fingerprint density at radius 1 is 0.939 bits per heavy atom. The van der Waals surface area contributed by atoms with Gasteiger partial charge in [0.1, 0.15) is 11.9 Å². The van der Waals surface area contributed by atoms with Gasteiger partial charge in [0.2, 0.25) is 0 Å². The first-order valence-corrected chi connectivity index (χ1v) is 10.6. The molecule has 2 aliphatic rings. The van der Waals surface area contributed by atoms with Crippen LogP contribution in [-0.4, -0.2) is 77.9 Å². The van der Waals surface area contributed by atoms with Gasteiger partial charge in [-0.15, -0.1) is 24.8 Å². The molecule has 0 spiro atoms. The predicted octanol–water partition coefficient (Wildman–Crippen LogP) is 2.67. The van der Waals surface area contributed by atoms with E-state index in [2.05, 4.69) is 14.8 Å². The van der Waals surface area contributed by atoms with Crippen molar-refractivity contribution in [2.24, 2.45) is 0 Å². The predicted molar refractivity (Wildman–Crippen MR) is 129 cm³/mol. The quantitative estimate of drug-likeness (QED) is 0.432. The average Bonchev–Trinajstić information content (AvgIpc) is 3.05. The van der Waals surface area contributed by atoms with E-state index in [4.69, 9.17) is 4.74 Å². The molecule has 8 nitrogen and oxygen atoms in total. The van der Waals surface area contributed by atoms with Gasteiger partial charge in [-0.2, -0.15) is 0 Å². The minimum Gasteiger partial charge on any atom is -0.459 e. The van der Waals surface area contributed by atoms with E-state index in [0.717, 1.165) is 32.0 Å². The second-order valence-corrected chi connectivity index (χ2v) is 7.71. The SMILES string of the molecule is CCC(=O)OC(CN1CCN(c2ccccn2)CC1)CN1C(=O)c2ccccc2C1=O.Cl.Cl. The summed E-state index contributed by atoms with van der Waals surface area (Å²) in [5.41, 5.74) is 0.800. The van der Waals surface area contributed by atoms with Crippen molar-refractivity contribution in [3.8, 4) is 0 Å². The van der Waals surface area contributed by atoms with Crippen molar-refractivity contribution >= 4 is 48.4 Å². The third-order valence-electron chi connectivity index (χ3n) is 5.66. The number of carbonyl (C=O) groups is 3. The van der Waals surface area contributed by atoms with Crippen molar-refractivity contribution < 1.29 is 19.1 Å². The Labute approximate surface area is 205 Å². The smallest absolute Gasteiger partial charge is 0.305 e. The molecule has 33 heavy (non-hydrogen) atoms. The third kappa shape index (κ3) is 6.01. The van der Waals surface area contributed by atoms with Crippen LogP contribution in [0.15, 0.2) is 48.7 Å². The number of amides is 2. The number of hydrogen-bond acceptors (Lipinski definition) is 7. The maximum atomic E-state index is 12.7. The highest BCUT2D eigenvalue weighted by molar-refractivity contribution is 6.21. The number of rotatable bonds is 7. The van der Waals surface area contributed by atoms with Crippen molar-refractivity contribution in [1.29, 1.82) is 0 Å². The van der Waals surface area contributed by atoms with Gasteiger partial charge in [0.05, 0.1) is 17.7 Å². The second kappa shape index (κ2) is 12.0. The van der Waals surface area contributed by atoms with E-state index >= 15 is 0 Å². The van der Waals surface area contributed by atoms with E-state index in [-0.39, 0.29) is 55.6 Å². The molecule has 3 heterocycles. The Morgan fingerprint density at radius 2 is 1.55 bits per heavy atom. The zero-order chi connectivity index (χ0) is 21.8. The molecule has 0 N–H and O–H groups in total. The summed E-state index contributed by atoms with van der Waals surface area (Å²) in [6.45, 7) is 5.41. The fourth-order valence-corrected chi connectivity index (χ4v) is 4.00. The van der Waals surface area contributed by atoms with Crippen LogP contribution in [0.3, 0.4) is 0 Å². The normalized spacial score (nSPS) is 16.5. The summed E-state index contributed by atoms with van der Waals surface area (Å²) in [5.74, 6) is -0.0629. The van der Waals surface area contributed by atoms with E-state index in [0.29, 0.717) is 17.7 Å². The topological polar surface area (TPSA) is 83.1 Å². The van der Waals surface area contributed by atoms with Gasteiger partial charge in [0.25, 0.3) is 11.8 Å². The van der Waals surface area contributed by atoms with Gasteiger partial charge in [-0.1, -0.05) is 25.1 Å². The Hall–Kier alpha value is -2.68. The second-order valence-electron chi connectivity index (χ2n) is 7.71. The molecule has 0 aliphatic carbocycles. The Morgan fingerprint density at radius 3 is 2.09 bits per heavy atom. The molecule has 1 saturated heterocycles. The molecule has 178 valence electrons. The highest BCUT2D eigenvalue weighted by Crippen LogP contribution is 2.23. The van der Waals surface area contributed by atoms with Crippen LogP contribution in [0.4, 0.5) is 5.82 Å². The van der Waals surface area contributed by atoms with Crippen LogP contribution in [0, 0.1) is 0 Å². The number of fused-ring (bicyclic) bond motifs is 1. The first-order chi connectivity index (χ1) is 15.1. The Bertz CT molecular complexity index is 933. The lowest BCUT2D eigenvalue weighted by molar-refractivity contribution is -0.150. The Kier molecular flexibility index (Phi) is 9.64. The maximum Gasteiger partial charge on any atom is 0.305 e. The van der Waals surface area contributed by atoms with Crippen LogP contribution in [-0.2, 0) is 9.53 Å². The van der Waals surface area contributed by atoms with Crippen molar-refractivity contribution in [2.45, 2.75) is 19.4 Å². The molecular weight excluding hydrogens is 467 g/mol. The van der Waals surface area contributed by atoms with Gasteiger partial charge < -0.3 is 9.64 Å². The fourth-order valence-electron chi connectivity index (χ4n) is 4.00. The molecule has 2 aliphatic heterocycles. The third-order valence-corrected chi connectivity index (χ3v) is 5.66. The number of piperazine rings is 1. The Balaban J connectivity index is 0.00000193. The fraction of sp³-hybridized carbons (Fsp3) is 0.391. The number of pyridine rings is 1. The van der Waals surface area contributed by atoms with Crippen LogP contribution in [0.1, 0.15) is 34.1 Å². The largest absolute Gasteiger partial charge is 0.459 e. The van der Waals surface area contributed by atoms with Gasteiger partial charge in [-0.25, -0.2) is 4.98 Å². The molecule has 1 aromatic heterocycles. The van der Waals surface area contributed by atoms with Gasteiger partial charge in [-0.3, -0.25) is 24.2 Å². The van der Waals surface area contributed by atoms with E-state index < -0.39 is 6.10 Å². The molecule has 2 aromatic rings. The van der Waals surface area contributed by atoms with Crippen molar-refractivity contribution in [3.05, 3.63) is 59.8 Å². The molecule has 1 aromatic carbocycles. The first kappa shape index (κ1) is 26.6. The van der Waals surface area contributed by atoms with Crippen LogP contribution in [0.5, 0.6) is 0 Å². The van der Waals surface area contributed by atoms with Crippen molar-refractivity contribution in [1.82, 2.24) is 14.8 Å². The number of ether oxygens (including phenoxy) is 1. The summed E-state index contributed by atoms with van der Waals surface area (Å²) < 4.78 is 5.62. The summed E-state index contributed by atoms with van der Waals surface area (Å²) in [6, 6.07) is 12.6. The minimum absolute atomic E-state index is 0. The van der Waals surface area contributed by atoms with Crippen LogP contribution in [0.2, 0.25) is 0 Å². The standard InChI is InChI=1S/C23H26N4O4.2ClH/c1-2-21(28)31-17(16-27-22(29)18-7-3-4-8-19(18)23(27)30)15-25-11-13-26(14-12-25)20-9-5-6-10-24-20;;/h3-10,17H,2,11-16H2,1H3;2*1H. The van der Waals surface area contributed by atoms with Gasteiger partial charge in [0.15, 0.2) is 0 Å². The van der Waals surface area contributed by atoms with Gasteiger partial charge >= 0.3 is 5.97 Å². The summed E-state index contributed by atoms with van der Waals surface area (Å²) >= 11 is 0. The molecule has 1 atom stereocenters. The zero-order valence-corrected chi connectivity index (χ0v) is 20.0.